The molecule has 3 heteroatoms. The summed E-state index contributed by atoms with van der Waals surface area (Å²) < 4.78 is 11.0. The molecule has 10 rings (SSSR count). The lowest BCUT2D eigenvalue weighted by Gasteiger charge is -2.11. The van der Waals surface area contributed by atoms with Gasteiger partial charge in [-0.15, -0.1) is 0 Å². The first-order chi connectivity index (χ1) is 26.2. The lowest BCUT2D eigenvalue weighted by atomic mass is 10.0. The number of benzene rings is 8. The van der Waals surface area contributed by atoms with Gasteiger partial charge in [-0.05, 0) is 108 Å². The molecular formula is C50H36N2O. The smallest absolute Gasteiger partial charge is 0.127 e. The Morgan fingerprint density at radius 2 is 0.547 bits per heavy atom. The Morgan fingerprint density at radius 3 is 0.849 bits per heavy atom. The Morgan fingerprint density at radius 1 is 0.283 bits per heavy atom. The highest BCUT2D eigenvalue weighted by atomic mass is 16.5. The van der Waals surface area contributed by atoms with Crippen molar-refractivity contribution in [2.75, 3.05) is 0 Å². The first kappa shape index (κ1) is 30.9. The monoisotopic (exact) mass is 680 g/mol. The third kappa shape index (κ3) is 5.73. The minimum Gasteiger partial charge on any atom is -0.457 e. The van der Waals surface area contributed by atoms with E-state index in [9.17, 15) is 0 Å². The van der Waals surface area contributed by atoms with E-state index in [0.717, 1.165) is 24.3 Å². The quantitative estimate of drug-likeness (QED) is 0.156. The van der Waals surface area contributed by atoms with Crippen molar-refractivity contribution < 1.29 is 4.74 Å². The van der Waals surface area contributed by atoms with Crippen LogP contribution in [-0.2, 0) is 12.8 Å². The highest BCUT2D eigenvalue weighted by Crippen LogP contribution is 2.33. The number of rotatable bonds is 8. The van der Waals surface area contributed by atoms with Gasteiger partial charge in [0.15, 0.2) is 0 Å². The number of hydrogen-bond acceptors (Lipinski definition) is 1. The number of para-hydroxylation sites is 4. The number of ether oxygens (including phenoxy) is 1. The minimum atomic E-state index is 0.837. The van der Waals surface area contributed by atoms with E-state index in [2.05, 4.69) is 203 Å². The van der Waals surface area contributed by atoms with Crippen LogP contribution < -0.4 is 4.74 Å². The molecule has 53 heavy (non-hydrogen) atoms. The molecule has 2 aromatic heterocycles. The van der Waals surface area contributed by atoms with Crippen LogP contribution in [0.15, 0.2) is 194 Å². The lowest BCUT2D eigenvalue weighted by Crippen LogP contribution is -1.95. The summed E-state index contributed by atoms with van der Waals surface area (Å²) in [6.45, 7) is 0. The molecular weight excluding hydrogens is 645 g/mol. The first-order valence-electron chi connectivity index (χ1n) is 18.3. The maximum Gasteiger partial charge on any atom is 0.127 e. The van der Waals surface area contributed by atoms with Crippen molar-refractivity contribution in [1.29, 1.82) is 0 Å². The number of nitrogens with zero attached hydrogens (tertiary/aromatic N) is 2. The molecule has 8 aromatic carbocycles. The fraction of sp³-hybridized carbons (Fsp3) is 0.0400. The Hall–Kier alpha value is -6.84. The van der Waals surface area contributed by atoms with Gasteiger partial charge in [-0.3, -0.25) is 0 Å². The Balaban J connectivity index is 0.790. The summed E-state index contributed by atoms with van der Waals surface area (Å²) in [5.74, 6) is 1.67. The van der Waals surface area contributed by atoms with Gasteiger partial charge in [0.2, 0.25) is 0 Å². The molecule has 3 nitrogen and oxygen atoms in total. The molecule has 0 N–H and O–H groups in total. The fourth-order valence-corrected chi connectivity index (χ4v) is 7.89. The van der Waals surface area contributed by atoms with Gasteiger partial charge in [0.25, 0.3) is 0 Å². The van der Waals surface area contributed by atoms with Crippen LogP contribution in [-0.4, -0.2) is 9.13 Å². The Bertz CT molecular complexity index is 2570. The predicted molar refractivity (Wildman–Crippen MR) is 220 cm³/mol. The van der Waals surface area contributed by atoms with E-state index in [1.807, 2.05) is 0 Å². The second kappa shape index (κ2) is 13.0. The second-order valence-corrected chi connectivity index (χ2v) is 13.8. The van der Waals surface area contributed by atoms with Gasteiger partial charge in [-0.25, -0.2) is 0 Å². The van der Waals surface area contributed by atoms with E-state index in [0.29, 0.717) is 0 Å². The van der Waals surface area contributed by atoms with E-state index in [1.165, 1.54) is 77.2 Å². The topological polar surface area (TPSA) is 19.1 Å². The van der Waals surface area contributed by atoms with Crippen molar-refractivity contribution in [3.05, 3.63) is 216 Å². The predicted octanol–water partition coefficient (Wildman–Crippen LogP) is 12.9. The molecule has 0 unspecified atom stereocenters. The fourth-order valence-electron chi connectivity index (χ4n) is 7.89. The largest absolute Gasteiger partial charge is 0.457 e. The summed E-state index contributed by atoms with van der Waals surface area (Å²) in [4.78, 5) is 0. The molecule has 10 aromatic rings. The summed E-state index contributed by atoms with van der Waals surface area (Å²) in [5.41, 5.74) is 12.3. The summed E-state index contributed by atoms with van der Waals surface area (Å²) in [5, 5.41) is 5.12. The normalized spacial score (nSPS) is 11.5. The standard InChI is InChI=1S/C50H36N2O/c1-5-13-47-43(9-1)44-10-2-6-14-48(44)51(47)39-25-17-35(18-26-39)33-37-21-29-41(30-22-37)53-42-31-23-38(24-32-42)34-36-19-27-40(28-20-36)52-49-15-7-3-11-45(49)46-12-4-8-16-50(46)52/h1-32H,33-34H2. The van der Waals surface area contributed by atoms with E-state index in [4.69, 9.17) is 4.74 Å². The molecule has 0 amide bonds. The van der Waals surface area contributed by atoms with Crippen molar-refractivity contribution in [2.45, 2.75) is 12.8 Å². The van der Waals surface area contributed by atoms with E-state index in [-0.39, 0.29) is 0 Å². The van der Waals surface area contributed by atoms with Crippen LogP contribution in [0.2, 0.25) is 0 Å². The highest BCUT2D eigenvalue weighted by Gasteiger charge is 2.13. The van der Waals surface area contributed by atoms with Crippen LogP contribution in [0, 0.1) is 0 Å². The third-order valence-electron chi connectivity index (χ3n) is 10.4. The zero-order chi connectivity index (χ0) is 35.1. The average Bonchev–Trinajstić information content (AvgIpc) is 3.73. The van der Waals surface area contributed by atoms with Gasteiger partial charge in [0.1, 0.15) is 11.5 Å². The van der Waals surface area contributed by atoms with E-state index >= 15 is 0 Å². The SMILES string of the molecule is c1ccc2c(c1)c1ccccc1n2-c1ccc(Cc2ccc(Oc3ccc(Cc4ccc(-n5c6ccccc6c6ccccc65)cc4)cc3)cc2)cc1. The van der Waals surface area contributed by atoms with Gasteiger partial charge >= 0.3 is 0 Å². The molecule has 0 aliphatic heterocycles. The molecule has 0 saturated heterocycles. The van der Waals surface area contributed by atoms with Gasteiger partial charge < -0.3 is 13.9 Å². The Labute approximate surface area is 308 Å². The van der Waals surface area contributed by atoms with Crippen molar-refractivity contribution in [3.63, 3.8) is 0 Å². The first-order valence-corrected chi connectivity index (χ1v) is 18.3. The number of hydrogen-bond donors (Lipinski definition) is 0. The summed E-state index contributed by atoms with van der Waals surface area (Å²) in [6.07, 6.45) is 1.73. The maximum atomic E-state index is 6.24. The van der Waals surface area contributed by atoms with Crippen LogP contribution in [0.3, 0.4) is 0 Å². The maximum absolute atomic E-state index is 6.24. The van der Waals surface area contributed by atoms with Crippen LogP contribution >= 0.6 is 0 Å². The molecule has 0 atom stereocenters. The van der Waals surface area contributed by atoms with E-state index in [1.54, 1.807) is 0 Å². The zero-order valence-electron chi connectivity index (χ0n) is 29.2. The Kier molecular flexibility index (Phi) is 7.62. The molecule has 0 bridgehead atoms. The van der Waals surface area contributed by atoms with Crippen molar-refractivity contribution >= 4 is 43.6 Å². The van der Waals surface area contributed by atoms with Gasteiger partial charge in [-0.2, -0.15) is 0 Å². The second-order valence-electron chi connectivity index (χ2n) is 13.8. The molecule has 0 saturated carbocycles. The van der Waals surface area contributed by atoms with E-state index < -0.39 is 0 Å². The zero-order valence-corrected chi connectivity index (χ0v) is 29.2. The van der Waals surface area contributed by atoms with Gasteiger partial charge in [0.05, 0.1) is 22.1 Å². The number of fused-ring (bicyclic) bond motifs is 6. The minimum absolute atomic E-state index is 0.837. The average molecular weight is 681 g/mol. The molecule has 0 fully saturated rings. The van der Waals surface area contributed by atoms with Crippen molar-refractivity contribution in [2.24, 2.45) is 0 Å². The van der Waals surface area contributed by atoms with Crippen LogP contribution in [0.1, 0.15) is 22.3 Å². The lowest BCUT2D eigenvalue weighted by molar-refractivity contribution is 0.482. The third-order valence-corrected chi connectivity index (χ3v) is 10.4. The molecule has 2 heterocycles. The van der Waals surface area contributed by atoms with Crippen LogP contribution in [0.5, 0.6) is 11.5 Å². The summed E-state index contributed by atoms with van der Waals surface area (Å²) in [7, 11) is 0. The highest BCUT2D eigenvalue weighted by molar-refractivity contribution is 6.10. The van der Waals surface area contributed by atoms with Crippen LogP contribution in [0.4, 0.5) is 0 Å². The van der Waals surface area contributed by atoms with Gasteiger partial charge in [-0.1, -0.05) is 121 Å². The summed E-state index contributed by atoms with van der Waals surface area (Å²) in [6, 6.07) is 69.4. The molecule has 0 spiro atoms. The molecule has 252 valence electrons. The molecule has 0 radical (unpaired) electrons. The molecule has 0 aliphatic rings. The molecule has 0 aliphatic carbocycles. The van der Waals surface area contributed by atoms with Crippen molar-refractivity contribution in [1.82, 2.24) is 9.13 Å². The summed E-state index contributed by atoms with van der Waals surface area (Å²) >= 11 is 0. The van der Waals surface area contributed by atoms with Gasteiger partial charge in [0, 0.05) is 32.9 Å². The van der Waals surface area contributed by atoms with Crippen molar-refractivity contribution in [3.8, 4) is 22.9 Å². The van der Waals surface area contributed by atoms with Crippen LogP contribution in [0.25, 0.3) is 55.0 Å². The number of aromatic nitrogens is 2.